The highest BCUT2D eigenvalue weighted by molar-refractivity contribution is 7.92. The number of carbonyl (C=O) groups is 1. The predicted molar refractivity (Wildman–Crippen MR) is 128 cm³/mol. The molecule has 0 atom stereocenters. The Hall–Kier alpha value is -3.37. The van der Waals surface area contributed by atoms with Crippen LogP contribution in [0.25, 0.3) is 0 Å². The molecule has 2 amide bonds. The molecule has 3 aromatic rings. The van der Waals surface area contributed by atoms with Crippen LogP contribution in [0.4, 0.5) is 22.0 Å². The molecule has 2 heterocycles. The number of benzene rings is 2. The minimum absolute atomic E-state index is 0. The number of halogens is 1. The van der Waals surface area contributed by atoms with Gasteiger partial charge in [-0.15, -0.1) is 0 Å². The Morgan fingerprint density at radius 2 is 1.72 bits per heavy atom. The van der Waals surface area contributed by atoms with E-state index in [-0.39, 0.29) is 19.6 Å². The van der Waals surface area contributed by atoms with Crippen LogP contribution in [0.3, 0.4) is 0 Å². The smallest absolute Gasteiger partial charge is 0.322 e. The van der Waals surface area contributed by atoms with E-state index in [1.165, 1.54) is 18.6 Å². The minimum Gasteiger partial charge on any atom is -0.368 e. The van der Waals surface area contributed by atoms with E-state index in [4.69, 9.17) is 11.6 Å². The van der Waals surface area contributed by atoms with Gasteiger partial charge in [-0.05, 0) is 42.5 Å². The summed E-state index contributed by atoms with van der Waals surface area (Å²) in [6.07, 6.45) is 2.73. The molecule has 1 saturated heterocycles. The van der Waals surface area contributed by atoms with Crippen LogP contribution in [0.15, 0.2) is 72.0 Å². The van der Waals surface area contributed by atoms with Gasteiger partial charge in [0.15, 0.2) is 0 Å². The van der Waals surface area contributed by atoms with Crippen LogP contribution in [0.5, 0.6) is 0 Å². The third kappa shape index (κ3) is 5.09. The molecular formula is C21H25ClN6O3S. The zero-order valence-electron chi connectivity index (χ0n) is 17.0. The lowest BCUT2D eigenvalue weighted by molar-refractivity contribution is 0.208. The van der Waals surface area contributed by atoms with Gasteiger partial charge < -0.3 is 15.1 Å². The molecule has 32 heavy (non-hydrogen) atoms. The molecule has 2 aromatic carbocycles. The second-order valence-electron chi connectivity index (χ2n) is 7.08. The molecule has 1 aromatic heterocycles. The summed E-state index contributed by atoms with van der Waals surface area (Å²) in [6.45, 7) is 2.32. The monoisotopic (exact) mass is 476 g/mol. The Morgan fingerprint density at radius 3 is 2.38 bits per heavy atom. The van der Waals surface area contributed by atoms with Crippen LogP contribution in [0, 0.1) is 0 Å². The van der Waals surface area contributed by atoms with Gasteiger partial charge in [0.25, 0.3) is 10.0 Å². The molecule has 0 spiro atoms. The molecule has 4 rings (SSSR count). The molecule has 2 N–H and O–H groups in total. The molecule has 11 heteroatoms. The highest BCUT2D eigenvalue weighted by atomic mass is 35.5. The third-order valence-electron chi connectivity index (χ3n) is 5.02. The van der Waals surface area contributed by atoms with Crippen molar-refractivity contribution < 1.29 is 16.1 Å². The van der Waals surface area contributed by atoms with E-state index >= 15 is 0 Å². The lowest BCUT2D eigenvalue weighted by atomic mass is 10.2. The Kier molecular flexibility index (Phi) is 6.42. The first-order chi connectivity index (χ1) is 15.4. The fourth-order valence-corrected chi connectivity index (χ4v) is 4.50. The van der Waals surface area contributed by atoms with Gasteiger partial charge in [0.05, 0.1) is 15.6 Å². The first-order valence-electron chi connectivity index (χ1n) is 9.87. The number of sulfonamides is 1. The number of hydrogen-bond donors (Lipinski definition) is 2. The average molecular weight is 477 g/mol. The van der Waals surface area contributed by atoms with Crippen LogP contribution >= 0.6 is 11.6 Å². The van der Waals surface area contributed by atoms with E-state index in [1.807, 2.05) is 6.07 Å². The second kappa shape index (κ2) is 9.41. The molecule has 1 fully saturated rings. The fraction of sp³-hybridized carbons (Fsp3) is 0.190. The number of carbonyl (C=O) groups excluding carboxylic acids is 1. The second-order valence-corrected chi connectivity index (χ2v) is 9.17. The topological polar surface area (TPSA) is 108 Å². The summed E-state index contributed by atoms with van der Waals surface area (Å²) in [4.78, 5) is 24.1. The van der Waals surface area contributed by atoms with Gasteiger partial charge in [-0.1, -0.05) is 23.7 Å². The maximum absolute atomic E-state index is 12.5. The fourth-order valence-electron chi connectivity index (χ4n) is 3.31. The summed E-state index contributed by atoms with van der Waals surface area (Å²) in [7, 11) is -3.74. The number of para-hydroxylation sites is 1. The predicted octanol–water partition coefficient (Wildman–Crippen LogP) is 3.78. The van der Waals surface area contributed by atoms with Gasteiger partial charge in [-0.3, -0.25) is 4.72 Å². The van der Waals surface area contributed by atoms with Crippen molar-refractivity contribution >= 4 is 44.8 Å². The number of nitrogens with one attached hydrogen (secondary N) is 2. The van der Waals surface area contributed by atoms with Gasteiger partial charge in [0.2, 0.25) is 0 Å². The number of aromatic nitrogens is 2. The number of piperazine rings is 1. The molecule has 0 unspecified atom stereocenters. The van der Waals surface area contributed by atoms with E-state index in [0.29, 0.717) is 36.9 Å². The zero-order valence-corrected chi connectivity index (χ0v) is 18.6. The van der Waals surface area contributed by atoms with Gasteiger partial charge >= 0.3 is 6.03 Å². The van der Waals surface area contributed by atoms with E-state index in [9.17, 15) is 13.2 Å². The maximum Gasteiger partial charge on any atom is 0.322 e. The SMILES string of the molecule is O=C(Nc1ccccc1Cl)N1CCN(c2ccc(S(=O)(=O)Nc3ccncn3)cc2)CC1.[HH].[HH]. The molecule has 0 aliphatic carbocycles. The van der Waals surface area contributed by atoms with Crippen molar-refractivity contribution in [3.05, 3.63) is 72.1 Å². The van der Waals surface area contributed by atoms with Crippen molar-refractivity contribution in [3.63, 3.8) is 0 Å². The Labute approximate surface area is 194 Å². The lowest BCUT2D eigenvalue weighted by Gasteiger charge is -2.36. The molecule has 1 aliphatic heterocycles. The quantitative estimate of drug-likeness (QED) is 0.580. The Balaban J connectivity index is 0.00000204. The summed E-state index contributed by atoms with van der Waals surface area (Å²) in [6, 6.07) is 15.0. The van der Waals surface area contributed by atoms with Gasteiger partial charge in [-0.2, -0.15) is 0 Å². The van der Waals surface area contributed by atoms with E-state index < -0.39 is 10.0 Å². The van der Waals surface area contributed by atoms with Gasteiger partial charge in [-0.25, -0.2) is 23.2 Å². The first kappa shape index (κ1) is 21.8. The lowest BCUT2D eigenvalue weighted by Crippen LogP contribution is -2.50. The normalized spacial score (nSPS) is 14.2. The van der Waals surface area contributed by atoms with E-state index in [1.54, 1.807) is 47.4 Å². The summed E-state index contributed by atoms with van der Waals surface area (Å²) >= 11 is 6.11. The van der Waals surface area contributed by atoms with E-state index in [2.05, 4.69) is 24.9 Å². The minimum atomic E-state index is -3.74. The van der Waals surface area contributed by atoms with Crippen LogP contribution < -0.4 is 14.9 Å². The van der Waals surface area contributed by atoms with E-state index in [0.717, 1.165) is 5.69 Å². The molecule has 9 nitrogen and oxygen atoms in total. The number of amides is 2. The van der Waals surface area contributed by atoms with Crippen molar-refractivity contribution in [2.45, 2.75) is 4.90 Å². The number of urea groups is 1. The largest absolute Gasteiger partial charge is 0.368 e. The highest BCUT2D eigenvalue weighted by Gasteiger charge is 2.22. The number of hydrogen-bond acceptors (Lipinski definition) is 6. The first-order valence-corrected chi connectivity index (χ1v) is 11.7. The van der Waals surface area contributed by atoms with Crippen LogP contribution in [0.2, 0.25) is 5.02 Å². The molecular weight excluding hydrogens is 452 g/mol. The van der Waals surface area contributed by atoms with Crippen molar-refractivity contribution in [1.29, 1.82) is 0 Å². The van der Waals surface area contributed by atoms with Gasteiger partial charge in [0.1, 0.15) is 12.1 Å². The van der Waals surface area contributed by atoms with Crippen LogP contribution in [-0.2, 0) is 10.0 Å². The summed E-state index contributed by atoms with van der Waals surface area (Å²) in [5, 5.41) is 3.32. The molecule has 0 saturated carbocycles. The number of nitrogens with zero attached hydrogens (tertiary/aromatic N) is 4. The summed E-state index contributed by atoms with van der Waals surface area (Å²) in [5.74, 6) is 0.204. The van der Waals surface area contributed by atoms with Crippen molar-refractivity contribution in [2.75, 3.05) is 41.1 Å². The summed E-state index contributed by atoms with van der Waals surface area (Å²) in [5.41, 5.74) is 1.46. The number of anilines is 3. The van der Waals surface area contributed by atoms with Crippen LogP contribution in [0.1, 0.15) is 2.85 Å². The highest BCUT2D eigenvalue weighted by Crippen LogP contribution is 2.23. The molecule has 170 valence electrons. The van der Waals surface area contributed by atoms with Crippen molar-refractivity contribution in [2.24, 2.45) is 0 Å². The third-order valence-corrected chi connectivity index (χ3v) is 6.72. The average Bonchev–Trinajstić information content (AvgIpc) is 2.81. The van der Waals surface area contributed by atoms with Crippen molar-refractivity contribution in [3.8, 4) is 0 Å². The molecule has 0 radical (unpaired) electrons. The van der Waals surface area contributed by atoms with Crippen molar-refractivity contribution in [1.82, 2.24) is 14.9 Å². The molecule has 1 aliphatic rings. The Bertz CT molecular complexity index is 1190. The Morgan fingerprint density at radius 1 is 1.00 bits per heavy atom. The number of rotatable bonds is 5. The maximum atomic E-state index is 12.5. The standard InChI is InChI=1S/C21H21ClN6O3S.2H2/c22-18-3-1-2-4-19(18)25-21(29)28-13-11-27(12-14-28)16-5-7-17(8-6-16)32(30,31)26-20-9-10-23-15-24-20;;/h1-10,15H,11-14H2,(H,25,29)(H,23,24,26);2*1H. The summed E-state index contributed by atoms with van der Waals surface area (Å²) < 4.78 is 27.5. The molecule has 0 bridgehead atoms. The van der Waals surface area contributed by atoms with Crippen LogP contribution in [-0.4, -0.2) is 55.5 Å². The van der Waals surface area contributed by atoms with Gasteiger partial charge in [0, 0.05) is 40.9 Å². The zero-order chi connectivity index (χ0) is 22.6.